The number of nitrogens with zero attached hydrogens (tertiary/aromatic N) is 2. The topological polar surface area (TPSA) is 56.7 Å². The number of carbonyl (C=O) groups excluding carboxylic acids is 1. The number of rotatable bonds is 5. The first-order valence-corrected chi connectivity index (χ1v) is 9.51. The van der Waals surface area contributed by atoms with Crippen LogP contribution < -0.4 is 10.6 Å². The van der Waals surface area contributed by atoms with Gasteiger partial charge in [-0.1, -0.05) is 19.9 Å². The zero-order valence-electron chi connectivity index (χ0n) is 15.7. The number of aliphatic imine (C=N–C) groups is 1. The van der Waals surface area contributed by atoms with Gasteiger partial charge in [-0.15, -0.1) is 35.3 Å². The molecule has 0 radical (unpaired) electrons. The number of carbonyl (C=O) groups is 1. The number of hydrogen-bond acceptors (Lipinski definition) is 3. The molecule has 1 fully saturated rings. The largest absolute Gasteiger partial charge is 0.354 e. The molecule has 1 amide bonds. The summed E-state index contributed by atoms with van der Waals surface area (Å²) in [6.45, 7) is 5.58. The lowest BCUT2D eigenvalue weighted by molar-refractivity contribution is -0.127. The molecular weight excluding hydrogens is 447 g/mol. The number of halogens is 1. The van der Waals surface area contributed by atoms with Crippen LogP contribution in [0.5, 0.6) is 0 Å². The molecular formula is C18H31IN4OS. The molecule has 0 spiro atoms. The minimum absolute atomic E-state index is 0. The number of likely N-dealkylation sites (N-methyl/N-ethyl adjacent to an activating group) is 1. The number of guanidine groups is 1. The zero-order chi connectivity index (χ0) is 17.6. The first-order valence-electron chi connectivity index (χ1n) is 8.63. The summed E-state index contributed by atoms with van der Waals surface area (Å²) in [5, 5.41) is 8.96. The van der Waals surface area contributed by atoms with Crippen LogP contribution >= 0.6 is 35.3 Å². The summed E-state index contributed by atoms with van der Waals surface area (Å²) in [4.78, 5) is 19.1. The lowest BCUT2D eigenvalue weighted by Crippen LogP contribution is -2.45. The molecule has 1 aliphatic carbocycles. The third kappa shape index (κ3) is 7.94. The van der Waals surface area contributed by atoms with E-state index in [2.05, 4.69) is 40.9 Å². The van der Waals surface area contributed by atoms with Crippen molar-refractivity contribution in [2.24, 2.45) is 10.4 Å². The van der Waals surface area contributed by atoms with Gasteiger partial charge in [-0.3, -0.25) is 4.79 Å². The van der Waals surface area contributed by atoms with Gasteiger partial charge in [0.15, 0.2) is 5.96 Å². The second-order valence-corrected chi connectivity index (χ2v) is 8.50. The zero-order valence-corrected chi connectivity index (χ0v) is 18.8. The van der Waals surface area contributed by atoms with Crippen LogP contribution in [0.2, 0.25) is 0 Å². The molecule has 0 saturated heterocycles. The second kappa shape index (κ2) is 10.4. The third-order valence-corrected chi connectivity index (χ3v) is 5.44. The molecule has 1 heterocycles. The monoisotopic (exact) mass is 478 g/mol. The van der Waals surface area contributed by atoms with E-state index < -0.39 is 0 Å². The highest BCUT2D eigenvalue weighted by molar-refractivity contribution is 14.0. The van der Waals surface area contributed by atoms with Gasteiger partial charge in [-0.2, -0.15) is 0 Å². The van der Waals surface area contributed by atoms with Gasteiger partial charge in [0.1, 0.15) is 6.54 Å². The predicted molar refractivity (Wildman–Crippen MR) is 117 cm³/mol. The van der Waals surface area contributed by atoms with Crippen molar-refractivity contribution in [2.45, 2.75) is 52.1 Å². The van der Waals surface area contributed by atoms with Crippen molar-refractivity contribution in [1.82, 2.24) is 15.5 Å². The van der Waals surface area contributed by atoms with Crippen molar-refractivity contribution in [1.29, 1.82) is 0 Å². The number of nitrogens with one attached hydrogen (secondary N) is 2. The lowest BCUT2D eigenvalue weighted by Gasteiger charge is -2.35. The van der Waals surface area contributed by atoms with Gasteiger partial charge in [-0.05, 0) is 42.5 Å². The predicted octanol–water partition coefficient (Wildman–Crippen LogP) is 3.46. The van der Waals surface area contributed by atoms with E-state index in [0.717, 1.165) is 25.3 Å². The summed E-state index contributed by atoms with van der Waals surface area (Å²) in [5.41, 5.74) is 0.445. The Morgan fingerprint density at radius 3 is 2.60 bits per heavy atom. The first kappa shape index (κ1) is 22.2. The van der Waals surface area contributed by atoms with E-state index in [4.69, 9.17) is 0 Å². The van der Waals surface area contributed by atoms with Gasteiger partial charge in [0.05, 0.1) is 6.54 Å². The highest BCUT2D eigenvalue weighted by Crippen LogP contribution is 2.34. The van der Waals surface area contributed by atoms with E-state index >= 15 is 0 Å². The molecule has 0 aliphatic heterocycles. The van der Waals surface area contributed by atoms with Crippen LogP contribution in [0.4, 0.5) is 0 Å². The van der Waals surface area contributed by atoms with E-state index in [0.29, 0.717) is 11.5 Å². The van der Waals surface area contributed by atoms with E-state index in [-0.39, 0.29) is 36.4 Å². The van der Waals surface area contributed by atoms with E-state index in [1.165, 1.54) is 17.7 Å². The summed E-state index contributed by atoms with van der Waals surface area (Å²) in [7, 11) is 3.51. The maximum atomic E-state index is 11.8. The van der Waals surface area contributed by atoms with Crippen LogP contribution in [0.25, 0.3) is 0 Å². The van der Waals surface area contributed by atoms with Gasteiger partial charge in [0.25, 0.3) is 0 Å². The van der Waals surface area contributed by atoms with Crippen molar-refractivity contribution < 1.29 is 4.79 Å². The van der Waals surface area contributed by atoms with Crippen LogP contribution in [0.1, 0.15) is 44.4 Å². The average molecular weight is 478 g/mol. The molecule has 0 unspecified atom stereocenters. The fourth-order valence-electron chi connectivity index (χ4n) is 2.76. The smallest absolute Gasteiger partial charge is 0.243 e. The SMILES string of the molecule is CN(C)C(=O)CN=C(NCc1cccs1)NC1CCC(C)(C)CC1.I. The molecule has 0 bridgehead atoms. The molecule has 2 rings (SSSR count). The van der Waals surface area contributed by atoms with Crippen LogP contribution in [0.3, 0.4) is 0 Å². The van der Waals surface area contributed by atoms with Gasteiger partial charge in [-0.25, -0.2) is 4.99 Å². The molecule has 1 aromatic rings. The third-order valence-electron chi connectivity index (χ3n) is 4.56. The number of amides is 1. The maximum absolute atomic E-state index is 11.8. The van der Waals surface area contributed by atoms with Crippen LogP contribution in [0, 0.1) is 5.41 Å². The van der Waals surface area contributed by atoms with Gasteiger partial charge in [0, 0.05) is 25.0 Å². The summed E-state index contributed by atoms with van der Waals surface area (Å²) in [6, 6.07) is 4.58. The minimum atomic E-state index is 0. The summed E-state index contributed by atoms with van der Waals surface area (Å²) < 4.78 is 0. The molecule has 1 saturated carbocycles. The fourth-order valence-corrected chi connectivity index (χ4v) is 3.41. The molecule has 0 aromatic carbocycles. The Morgan fingerprint density at radius 1 is 1.36 bits per heavy atom. The van der Waals surface area contributed by atoms with Crippen LogP contribution in [-0.4, -0.2) is 43.4 Å². The van der Waals surface area contributed by atoms with Crippen LogP contribution in [0.15, 0.2) is 22.5 Å². The van der Waals surface area contributed by atoms with Crippen LogP contribution in [-0.2, 0) is 11.3 Å². The molecule has 5 nitrogen and oxygen atoms in total. The Kier molecular flexibility index (Phi) is 9.20. The fraction of sp³-hybridized carbons (Fsp3) is 0.667. The second-order valence-electron chi connectivity index (χ2n) is 7.47. The Morgan fingerprint density at radius 2 is 2.04 bits per heavy atom. The number of hydrogen-bond donors (Lipinski definition) is 2. The quantitative estimate of drug-likeness (QED) is 0.387. The van der Waals surface area contributed by atoms with Crippen molar-refractivity contribution >= 4 is 47.2 Å². The molecule has 25 heavy (non-hydrogen) atoms. The highest BCUT2D eigenvalue weighted by Gasteiger charge is 2.27. The van der Waals surface area contributed by atoms with Gasteiger partial charge >= 0.3 is 0 Å². The van der Waals surface area contributed by atoms with Crippen molar-refractivity contribution in [3.8, 4) is 0 Å². The number of thiophene rings is 1. The Bertz CT molecular complexity index is 547. The van der Waals surface area contributed by atoms with E-state index in [1.807, 2.05) is 6.07 Å². The van der Waals surface area contributed by atoms with Crippen molar-refractivity contribution in [3.05, 3.63) is 22.4 Å². The maximum Gasteiger partial charge on any atom is 0.243 e. The summed E-state index contributed by atoms with van der Waals surface area (Å²) in [6.07, 6.45) is 4.74. The van der Waals surface area contributed by atoms with Gasteiger partial charge in [0.2, 0.25) is 5.91 Å². The lowest BCUT2D eigenvalue weighted by atomic mass is 9.75. The van der Waals surface area contributed by atoms with Crippen molar-refractivity contribution in [2.75, 3.05) is 20.6 Å². The Balaban J connectivity index is 0.00000312. The Hall–Kier alpha value is -0.830. The van der Waals surface area contributed by atoms with E-state index in [9.17, 15) is 4.79 Å². The van der Waals surface area contributed by atoms with E-state index in [1.54, 1.807) is 30.3 Å². The highest BCUT2D eigenvalue weighted by atomic mass is 127. The first-order chi connectivity index (χ1) is 11.4. The average Bonchev–Trinajstić information content (AvgIpc) is 3.04. The van der Waals surface area contributed by atoms with Gasteiger partial charge < -0.3 is 15.5 Å². The molecule has 142 valence electrons. The standard InChI is InChI=1S/C18H30N4OS.HI/c1-18(2)9-7-14(8-10-18)21-17(20-13-16(23)22(3)4)19-12-15-6-5-11-24-15;/h5-6,11,14H,7-10,12-13H2,1-4H3,(H2,19,20,21);1H. The van der Waals surface area contributed by atoms with Crippen molar-refractivity contribution in [3.63, 3.8) is 0 Å². The molecule has 1 aromatic heterocycles. The molecule has 2 N–H and O–H groups in total. The summed E-state index contributed by atoms with van der Waals surface area (Å²) >= 11 is 1.72. The normalized spacial score (nSPS) is 17.5. The minimum Gasteiger partial charge on any atom is -0.354 e. The molecule has 7 heteroatoms. The Labute approximate surface area is 172 Å². The summed E-state index contributed by atoms with van der Waals surface area (Å²) in [5.74, 6) is 0.750. The molecule has 1 aliphatic rings. The molecule has 0 atom stereocenters.